The van der Waals surface area contributed by atoms with Crippen LogP contribution in [0.25, 0.3) is 0 Å². The third kappa shape index (κ3) is 5.26. The van der Waals surface area contributed by atoms with Gasteiger partial charge >= 0.3 is 0 Å². The summed E-state index contributed by atoms with van der Waals surface area (Å²) in [4.78, 5) is 12.8. The standard InChI is InChI=1S/C19H18Cl2F2N2O3S2/c20-13-4-3-5-14(21)17(13)30(27,28)25-10-8-12(9-11-25)18(26)24-15-6-1-2-7-16(15)29-19(22)23/h1-7,12,19H,8-11H2,(H,24,26). The Kier molecular flexibility index (Phi) is 7.62. The summed E-state index contributed by atoms with van der Waals surface area (Å²) in [5.41, 5.74) is 0.311. The number of piperidine rings is 1. The number of alkyl halides is 2. The summed E-state index contributed by atoms with van der Waals surface area (Å²) in [6.07, 6.45) is 0.578. The van der Waals surface area contributed by atoms with E-state index in [0.29, 0.717) is 17.4 Å². The minimum atomic E-state index is -3.90. The van der Waals surface area contributed by atoms with Crippen LogP contribution in [-0.2, 0) is 14.8 Å². The molecule has 1 amide bonds. The average molecular weight is 495 g/mol. The molecule has 0 spiro atoms. The number of para-hydroxylation sites is 1. The van der Waals surface area contributed by atoms with Gasteiger partial charge in [-0.2, -0.15) is 13.1 Å². The van der Waals surface area contributed by atoms with E-state index in [1.165, 1.54) is 22.5 Å². The second kappa shape index (κ2) is 9.82. The van der Waals surface area contributed by atoms with E-state index in [1.54, 1.807) is 24.3 Å². The molecule has 1 N–H and O–H groups in total. The van der Waals surface area contributed by atoms with Crippen molar-refractivity contribution in [2.45, 2.75) is 28.4 Å². The summed E-state index contributed by atoms with van der Waals surface area (Å²) < 4.78 is 52.5. The smallest absolute Gasteiger partial charge is 0.288 e. The van der Waals surface area contributed by atoms with Crippen molar-refractivity contribution < 1.29 is 22.0 Å². The van der Waals surface area contributed by atoms with Crippen LogP contribution in [0, 0.1) is 5.92 Å². The molecule has 1 fully saturated rings. The SMILES string of the molecule is O=C(Nc1ccccc1SC(F)F)C1CCN(S(=O)(=O)c2c(Cl)cccc2Cl)CC1. The zero-order chi connectivity index (χ0) is 21.9. The molecule has 0 aromatic heterocycles. The molecule has 1 aliphatic rings. The molecule has 3 rings (SSSR count). The van der Waals surface area contributed by atoms with E-state index in [-0.39, 0.29) is 51.7 Å². The van der Waals surface area contributed by atoms with Gasteiger partial charge < -0.3 is 5.32 Å². The summed E-state index contributed by atoms with van der Waals surface area (Å²) in [5, 5.41) is 2.76. The highest BCUT2D eigenvalue weighted by molar-refractivity contribution is 7.99. The predicted molar refractivity (Wildman–Crippen MR) is 115 cm³/mol. The summed E-state index contributed by atoms with van der Waals surface area (Å²) >= 11 is 12.4. The van der Waals surface area contributed by atoms with Gasteiger partial charge in [0.25, 0.3) is 5.76 Å². The van der Waals surface area contributed by atoms with Crippen LogP contribution in [0.1, 0.15) is 12.8 Å². The fraction of sp³-hybridized carbons (Fsp3) is 0.316. The maximum Gasteiger partial charge on any atom is 0.288 e. The minimum Gasteiger partial charge on any atom is -0.325 e. The number of sulfonamides is 1. The third-order valence-electron chi connectivity index (χ3n) is 4.70. The monoisotopic (exact) mass is 494 g/mol. The Morgan fingerprint density at radius 3 is 2.27 bits per heavy atom. The Hall–Kier alpha value is -1.39. The number of thioether (sulfide) groups is 1. The van der Waals surface area contributed by atoms with Crippen LogP contribution >= 0.6 is 35.0 Å². The number of rotatable bonds is 6. The zero-order valence-electron chi connectivity index (χ0n) is 15.5. The van der Waals surface area contributed by atoms with Crippen LogP contribution in [0.15, 0.2) is 52.3 Å². The Labute approximate surface area is 187 Å². The second-order valence-electron chi connectivity index (χ2n) is 6.59. The lowest BCUT2D eigenvalue weighted by Gasteiger charge is -2.31. The van der Waals surface area contributed by atoms with Crippen LogP contribution < -0.4 is 5.32 Å². The molecule has 0 bridgehead atoms. The molecule has 0 unspecified atom stereocenters. The quantitative estimate of drug-likeness (QED) is 0.549. The van der Waals surface area contributed by atoms with Crippen molar-refractivity contribution in [1.29, 1.82) is 0 Å². The van der Waals surface area contributed by atoms with Crippen LogP contribution in [0.3, 0.4) is 0 Å². The Bertz CT molecular complexity index is 1010. The fourth-order valence-corrected chi connectivity index (χ4v) is 6.38. The Morgan fingerprint density at radius 2 is 1.67 bits per heavy atom. The first kappa shape index (κ1) is 23.3. The van der Waals surface area contributed by atoms with Crippen molar-refractivity contribution in [2.24, 2.45) is 5.92 Å². The molecule has 30 heavy (non-hydrogen) atoms. The van der Waals surface area contributed by atoms with Gasteiger partial charge in [-0.3, -0.25) is 4.79 Å². The molecule has 0 atom stereocenters. The van der Waals surface area contributed by atoms with Gasteiger partial charge in [0.05, 0.1) is 15.7 Å². The zero-order valence-corrected chi connectivity index (χ0v) is 18.7. The number of amides is 1. The molecule has 11 heteroatoms. The van der Waals surface area contributed by atoms with Crippen molar-refractivity contribution in [1.82, 2.24) is 4.31 Å². The van der Waals surface area contributed by atoms with Crippen molar-refractivity contribution >= 4 is 56.6 Å². The van der Waals surface area contributed by atoms with Crippen LogP contribution in [0.2, 0.25) is 10.0 Å². The number of nitrogens with one attached hydrogen (secondary N) is 1. The van der Waals surface area contributed by atoms with Crippen molar-refractivity contribution in [3.63, 3.8) is 0 Å². The lowest BCUT2D eigenvalue weighted by Crippen LogP contribution is -2.41. The first-order chi connectivity index (χ1) is 14.2. The molecule has 5 nitrogen and oxygen atoms in total. The van der Waals surface area contributed by atoms with Crippen molar-refractivity contribution in [2.75, 3.05) is 18.4 Å². The second-order valence-corrected chi connectivity index (χ2v) is 10.3. The summed E-state index contributed by atoms with van der Waals surface area (Å²) in [7, 11) is -3.90. The molecule has 1 saturated heterocycles. The van der Waals surface area contributed by atoms with Crippen LogP contribution in [-0.4, -0.2) is 37.5 Å². The van der Waals surface area contributed by atoms with Gasteiger partial charge in [-0.05, 0) is 37.1 Å². The van der Waals surface area contributed by atoms with E-state index in [1.807, 2.05) is 0 Å². The highest BCUT2D eigenvalue weighted by Gasteiger charge is 2.34. The van der Waals surface area contributed by atoms with Gasteiger partial charge in [0.2, 0.25) is 15.9 Å². The number of hydrogen-bond acceptors (Lipinski definition) is 4. The van der Waals surface area contributed by atoms with Gasteiger partial charge in [-0.25, -0.2) is 8.42 Å². The molecular weight excluding hydrogens is 477 g/mol. The number of nitrogens with zero attached hydrogens (tertiary/aromatic N) is 1. The Balaban J connectivity index is 1.67. The highest BCUT2D eigenvalue weighted by atomic mass is 35.5. The van der Waals surface area contributed by atoms with Crippen molar-refractivity contribution in [3.05, 3.63) is 52.5 Å². The molecule has 0 radical (unpaired) electrons. The van der Waals surface area contributed by atoms with E-state index < -0.39 is 21.7 Å². The minimum absolute atomic E-state index is 0.0375. The lowest BCUT2D eigenvalue weighted by molar-refractivity contribution is -0.120. The maximum atomic E-state index is 12.9. The fourth-order valence-electron chi connectivity index (χ4n) is 3.22. The summed E-state index contributed by atoms with van der Waals surface area (Å²) in [6.45, 7) is 0.241. The highest BCUT2D eigenvalue weighted by Crippen LogP contribution is 2.35. The molecule has 1 aliphatic heterocycles. The van der Waals surface area contributed by atoms with Gasteiger partial charge in [0.1, 0.15) is 4.90 Å². The van der Waals surface area contributed by atoms with E-state index >= 15 is 0 Å². The number of carbonyl (C=O) groups excluding carboxylic acids is 1. The molecule has 0 aliphatic carbocycles. The third-order valence-corrected chi connectivity index (χ3v) is 8.35. The van der Waals surface area contributed by atoms with Crippen LogP contribution in [0.5, 0.6) is 0 Å². The van der Waals surface area contributed by atoms with E-state index in [0.717, 1.165) is 0 Å². The summed E-state index contributed by atoms with van der Waals surface area (Å²) in [5.74, 6) is -3.37. The lowest BCUT2D eigenvalue weighted by atomic mass is 9.97. The maximum absolute atomic E-state index is 12.9. The average Bonchev–Trinajstić information content (AvgIpc) is 2.69. The summed E-state index contributed by atoms with van der Waals surface area (Å²) in [6, 6.07) is 10.8. The molecule has 1 heterocycles. The van der Waals surface area contributed by atoms with Gasteiger partial charge in [0, 0.05) is 23.9 Å². The first-order valence-electron chi connectivity index (χ1n) is 8.99. The van der Waals surface area contributed by atoms with Crippen LogP contribution in [0.4, 0.5) is 14.5 Å². The number of benzene rings is 2. The topological polar surface area (TPSA) is 66.5 Å². The van der Waals surface area contributed by atoms with Gasteiger partial charge in [-0.1, -0.05) is 53.2 Å². The van der Waals surface area contributed by atoms with Crippen molar-refractivity contribution in [3.8, 4) is 0 Å². The molecule has 2 aromatic carbocycles. The molecule has 0 saturated carbocycles. The first-order valence-corrected chi connectivity index (χ1v) is 12.1. The normalized spacial score (nSPS) is 16.0. The molecule has 2 aromatic rings. The number of anilines is 1. The van der Waals surface area contributed by atoms with E-state index in [4.69, 9.17) is 23.2 Å². The predicted octanol–water partition coefficient (Wildman–Crippen LogP) is 5.35. The molecule has 162 valence electrons. The number of hydrogen-bond donors (Lipinski definition) is 1. The molecular formula is C19H18Cl2F2N2O3S2. The van der Waals surface area contributed by atoms with E-state index in [9.17, 15) is 22.0 Å². The van der Waals surface area contributed by atoms with E-state index in [2.05, 4.69) is 5.32 Å². The number of halogens is 4. The van der Waals surface area contributed by atoms with Gasteiger partial charge in [-0.15, -0.1) is 0 Å². The number of carbonyl (C=O) groups is 1. The Morgan fingerprint density at radius 1 is 1.07 bits per heavy atom. The van der Waals surface area contributed by atoms with Gasteiger partial charge in [0.15, 0.2) is 0 Å². The largest absolute Gasteiger partial charge is 0.325 e.